The second kappa shape index (κ2) is 3.97. The second-order valence-electron chi connectivity index (χ2n) is 5.11. The van der Waals surface area contributed by atoms with E-state index in [1.165, 1.54) is 36.0 Å². The van der Waals surface area contributed by atoms with Crippen LogP contribution >= 0.6 is 0 Å². The summed E-state index contributed by atoms with van der Waals surface area (Å²) in [5.41, 5.74) is 4.30. The number of aryl methyl sites for hydroxylation is 2. The molecule has 0 amide bonds. The smallest absolute Gasteiger partial charge is 0.0490 e. The molecule has 0 spiro atoms. The van der Waals surface area contributed by atoms with Gasteiger partial charge in [0, 0.05) is 6.61 Å². The molecule has 1 aliphatic carbocycles. The van der Waals surface area contributed by atoms with Crippen LogP contribution in [0.25, 0.3) is 0 Å². The van der Waals surface area contributed by atoms with Gasteiger partial charge in [-0.25, -0.2) is 0 Å². The van der Waals surface area contributed by atoms with Crippen LogP contribution in [0, 0.1) is 19.3 Å². The van der Waals surface area contributed by atoms with Crippen LogP contribution in [0.1, 0.15) is 36.0 Å². The highest BCUT2D eigenvalue weighted by Crippen LogP contribution is 2.43. The lowest BCUT2D eigenvalue weighted by atomic mass is 9.66. The predicted octanol–water partition coefficient (Wildman–Crippen LogP) is 3.01. The van der Waals surface area contributed by atoms with Crippen molar-refractivity contribution < 1.29 is 5.11 Å². The molecule has 1 aromatic carbocycles. The molecule has 1 fully saturated rings. The molecule has 1 aliphatic rings. The average Bonchev–Trinajstić information content (AvgIpc) is 2.17. The summed E-state index contributed by atoms with van der Waals surface area (Å²) in [5.74, 6) is 0. The highest BCUT2D eigenvalue weighted by molar-refractivity contribution is 5.30. The first-order chi connectivity index (χ1) is 7.15. The molecule has 1 N–H and O–H groups in total. The van der Waals surface area contributed by atoms with Gasteiger partial charge in [-0.3, -0.25) is 0 Å². The maximum absolute atomic E-state index is 9.42. The topological polar surface area (TPSA) is 20.2 Å². The van der Waals surface area contributed by atoms with E-state index in [9.17, 15) is 5.11 Å². The Hall–Kier alpha value is -0.820. The van der Waals surface area contributed by atoms with Gasteiger partial charge in [0.1, 0.15) is 0 Å². The van der Waals surface area contributed by atoms with Gasteiger partial charge >= 0.3 is 0 Å². The largest absolute Gasteiger partial charge is 0.396 e. The molecule has 1 saturated carbocycles. The Morgan fingerprint density at radius 1 is 1.20 bits per heavy atom. The maximum atomic E-state index is 9.42. The molecule has 15 heavy (non-hydrogen) atoms. The fraction of sp³-hybridized carbons (Fsp3) is 0.571. The van der Waals surface area contributed by atoms with Crippen molar-refractivity contribution in [1.82, 2.24) is 0 Å². The van der Waals surface area contributed by atoms with Crippen LogP contribution in [0.2, 0.25) is 0 Å². The average molecular weight is 204 g/mol. The third-order valence-electron chi connectivity index (χ3n) is 3.90. The highest BCUT2D eigenvalue weighted by Gasteiger charge is 2.36. The Bertz CT molecular complexity index is 345. The van der Waals surface area contributed by atoms with E-state index in [0.29, 0.717) is 6.61 Å². The molecule has 0 bridgehead atoms. The van der Waals surface area contributed by atoms with Crippen molar-refractivity contribution in [3.05, 3.63) is 34.9 Å². The van der Waals surface area contributed by atoms with Crippen LogP contribution < -0.4 is 0 Å². The van der Waals surface area contributed by atoms with Crippen molar-refractivity contribution in [2.24, 2.45) is 5.41 Å². The van der Waals surface area contributed by atoms with Crippen LogP contribution in [0.5, 0.6) is 0 Å². The van der Waals surface area contributed by atoms with E-state index in [0.717, 1.165) is 6.42 Å². The van der Waals surface area contributed by atoms with E-state index in [-0.39, 0.29) is 5.41 Å². The monoisotopic (exact) mass is 204 g/mol. The number of aliphatic hydroxyl groups is 1. The van der Waals surface area contributed by atoms with E-state index >= 15 is 0 Å². The second-order valence-corrected chi connectivity index (χ2v) is 5.11. The lowest BCUT2D eigenvalue weighted by Crippen LogP contribution is -2.35. The molecular formula is C14H20O. The van der Waals surface area contributed by atoms with Gasteiger partial charge < -0.3 is 5.11 Å². The minimum atomic E-state index is 0.210. The molecular weight excluding hydrogens is 184 g/mol. The first-order valence-electron chi connectivity index (χ1n) is 5.82. The summed E-state index contributed by atoms with van der Waals surface area (Å²) in [4.78, 5) is 0. The summed E-state index contributed by atoms with van der Waals surface area (Å²) in [6.45, 7) is 4.65. The fourth-order valence-electron chi connectivity index (χ4n) is 2.41. The predicted molar refractivity (Wildman–Crippen MR) is 63.0 cm³/mol. The first-order valence-corrected chi connectivity index (χ1v) is 5.82. The number of aliphatic hydroxyl groups excluding tert-OH is 1. The van der Waals surface area contributed by atoms with Gasteiger partial charge in [-0.2, -0.15) is 0 Å². The molecule has 0 heterocycles. The summed E-state index contributed by atoms with van der Waals surface area (Å²) in [6.07, 6.45) is 4.71. The highest BCUT2D eigenvalue weighted by atomic mass is 16.3. The number of hydrogen-bond donors (Lipinski definition) is 1. The van der Waals surface area contributed by atoms with E-state index in [1.54, 1.807) is 0 Å². The van der Waals surface area contributed by atoms with Gasteiger partial charge in [0.2, 0.25) is 0 Å². The summed E-state index contributed by atoms with van der Waals surface area (Å²) in [6, 6.07) is 6.66. The Balaban J connectivity index is 2.13. The zero-order chi connectivity index (χ0) is 10.9. The van der Waals surface area contributed by atoms with Gasteiger partial charge in [0.25, 0.3) is 0 Å². The lowest BCUT2D eigenvalue weighted by molar-refractivity contribution is 0.0450. The quantitative estimate of drug-likeness (QED) is 0.802. The van der Waals surface area contributed by atoms with Crippen molar-refractivity contribution >= 4 is 0 Å². The Morgan fingerprint density at radius 2 is 1.93 bits per heavy atom. The molecule has 0 saturated heterocycles. The first kappa shape index (κ1) is 10.7. The Morgan fingerprint density at radius 3 is 2.40 bits per heavy atom. The molecule has 0 unspecified atom stereocenters. The Kier molecular flexibility index (Phi) is 2.83. The van der Waals surface area contributed by atoms with Crippen molar-refractivity contribution in [3.63, 3.8) is 0 Å². The summed E-state index contributed by atoms with van der Waals surface area (Å²) in [7, 11) is 0. The van der Waals surface area contributed by atoms with Gasteiger partial charge in [0.15, 0.2) is 0 Å². The molecule has 0 aromatic heterocycles. The summed E-state index contributed by atoms with van der Waals surface area (Å²) < 4.78 is 0. The van der Waals surface area contributed by atoms with Crippen LogP contribution in [0.3, 0.4) is 0 Å². The van der Waals surface area contributed by atoms with Crippen molar-refractivity contribution in [2.75, 3.05) is 6.61 Å². The summed E-state index contributed by atoms with van der Waals surface area (Å²) in [5, 5.41) is 9.42. The maximum Gasteiger partial charge on any atom is 0.0490 e. The third-order valence-corrected chi connectivity index (χ3v) is 3.90. The van der Waals surface area contributed by atoms with E-state index in [1.807, 2.05) is 0 Å². The Labute approximate surface area is 92.1 Å². The van der Waals surface area contributed by atoms with Gasteiger partial charge in [-0.05, 0) is 55.2 Å². The minimum Gasteiger partial charge on any atom is -0.396 e. The molecule has 0 atom stereocenters. The van der Waals surface area contributed by atoms with E-state index in [4.69, 9.17) is 0 Å². The fourth-order valence-corrected chi connectivity index (χ4v) is 2.41. The van der Waals surface area contributed by atoms with Crippen molar-refractivity contribution in [1.29, 1.82) is 0 Å². The molecule has 0 aliphatic heterocycles. The minimum absolute atomic E-state index is 0.210. The van der Waals surface area contributed by atoms with Gasteiger partial charge in [0.05, 0.1) is 0 Å². The van der Waals surface area contributed by atoms with Crippen molar-refractivity contribution in [2.45, 2.75) is 39.5 Å². The summed E-state index contributed by atoms with van der Waals surface area (Å²) >= 11 is 0. The van der Waals surface area contributed by atoms with Crippen molar-refractivity contribution in [3.8, 4) is 0 Å². The van der Waals surface area contributed by atoms with Crippen LogP contribution in [-0.4, -0.2) is 11.7 Å². The molecule has 1 aromatic rings. The van der Waals surface area contributed by atoms with Gasteiger partial charge in [-0.1, -0.05) is 24.6 Å². The van der Waals surface area contributed by atoms with Crippen LogP contribution in [0.15, 0.2) is 18.2 Å². The standard InChI is InChI=1S/C14H20O/c1-11-4-5-13(8-12(11)2)9-14(10-15)6-3-7-14/h4-5,8,15H,3,6-7,9-10H2,1-2H3. The molecule has 0 radical (unpaired) electrons. The van der Waals surface area contributed by atoms with Crippen LogP contribution in [-0.2, 0) is 6.42 Å². The molecule has 1 nitrogen and oxygen atoms in total. The number of rotatable bonds is 3. The zero-order valence-electron chi connectivity index (χ0n) is 9.71. The number of hydrogen-bond acceptors (Lipinski definition) is 1. The van der Waals surface area contributed by atoms with E-state index in [2.05, 4.69) is 32.0 Å². The van der Waals surface area contributed by atoms with Gasteiger partial charge in [-0.15, -0.1) is 0 Å². The third kappa shape index (κ3) is 2.07. The molecule has 1 heteroatoms. The lowest BCUT2D eigenvalue weighted by Gasteiger charge is -2.40. The normalized spacial score (nSPS) is 18.6. The van der Waals surface area contributed by atoms with E-state index < -0.39 is 0 Å². The molecule has 2 rings (SSSR count). The van der Waals surface area contributed by atoms with Crippen LogP contribution in [0.4, 0.5) is 0 Å². The molecule has 82 valence electrons. The zero-order valence-corrected chi connectivity index (χ0v) is 9.71. The number of benzene rings is 1. The SMILES string of the molecule is Cc1ccc(CC2(CO)CCC2)cc1C.